The highest BCUT2D eigenvalue weighted by Gasteiger charge is 2.66. The Bertz CT molecular complexity index is 700. The van der Waals surface area contributed by atoms with E-state index in [1.807, 2.05) is 0 Å². The molecular weight excluding hydrogens is 396 g/mol. The van der Waals surface area contributed by atoms with Crippen molar-refractivity contribution in [1.29, 1.82) is 0 Å². The summed E-state index contributed by atoms with van der Waals surface area (Å²) in [6.07, 6.45) is 6.01. The molecule has 3 saturated carbocycles. The molecule has 3 fully saturated rings. The van der Waals surface area contributed by atoms with Gasteiger partial charge in [0, 0.05) is 6.92 Å². The maximum absolute atomic E-state index is 13.3. The van der Waals surface area contributed by atoms with Crippen molar-refractivity contribution in [1.82, 2.24) is 0 Å². The van der Waals surface area contributed by atoms with E-state index in [1.54, 1.807) is 6.92 Å². The fraction of sp³-hybridized carbons (Fsp3) is 0.920. The van der Waals surface area contributed by atoms with Crippen molar-refractivity contribution in [3.8, 4) is 0 Å². The van der Waals surface area contributed by atoms with Crippen molar-refractivity contribution < 1.29 is 29.3 Å². The normalized spacial score (nSPS) is 42.6. The standard InChI is InChI=1S/C25H42O6/c1-16(26)30-14-17(27)15-31-21(28)20-24(5)12-8-18-22(2,3)10-7-11-23(18,4)19(24)9-13-25(20,6)29/h17-20,27,29H,7-15H2,1-6H3/t17-,18+,19+,20+,23+,24+,25-/m0/s1. The smallest absolute Gasteiger partial charge is 0.312 e. The molecule has 3 aliphatic rings. The zero-order valence-electron chi connectivity index (χ0n) is 20.2. The largest absolute Gasteiger partial charge is 0.463 e. The Morgan fingerprint density at radius 2 is 1.52 bits per heavy atom. The van der Waals surface area contributed by atoms with Crippen LogP contribution in [0.4, 0.5) is 0 Å². The molecule has 0 aliphatic heterocycles. The van der Waals surface area contributed by atoms with E-state index >= 15 is 0 Å². The fourth-order valence-corrected chi connectivity index (χ4v) is 8.03. The van der Waals surface area contributed by atoms with Crippen LogP contribution < -0.4 is 0 Å². The lowest BCUT2D eigenvalue weighted by molar-refractivity contribution is -0.221. The number of aliphatic hydroxyl groups is 2. The molecule has 3 rings (SSSR count). The summed E-state index contributed by atoms with van der Waals surface area (Å²) in [5.41, 5.74) is -1.04. The Morgan fingerprint density at radius 3 is 2.16 bits per heavy atom. The van der Waals surface area contributed by atoms with Gasteiger partial charge in [-0.3, -0.25) is 9.59 Å². The van der Waals surface area contributed by atoms with Crippen LogP contribution in [0.1, 0.15) is 86.5 Å². The molecule has 0 aromatic carbocycles. The minimum absolute atomic E-state index is 0.151. The predicted molar refractivity (Wildman–Crippen MR) is 117 cm³/mol. The van der Waals surface area contributed by atoms with E-state index in [-0.39, 0.29) is 24.0 Å². The number of hydrogen-bond acceptors (Lipinski definition) is 6. The molecule has 0 saturated heterocycles. The lowest BCUT2D eigenvalue weighted by atomic mass is 9.38. The molecule has 0 radical (unpaired) electrons. The summed E-state index contributed by atoms with van der Waals surface area (Å²) in [4.78, 5) is 24.2. The van der Waals surface area contributed by atoms with Gasteiger partial charge in [-0.1, -0.05) is 34.1 Å². The molecule has 6 nitrogen and oxygen atoms in total. The van der Waals surface area contributed by atoms with Crippen molar-refractivity contribution in [3.05, 3.63) is 0 Å². The number of carbonyl (C=O) groups is 2. The van der Waals surface area contributed by atoms with Crippen LogP contribution in [0.5, 0.6) is 0 Å². The van der Waals surface area contributed by atoms with Crippen LogP contribution >= 0.6 is 0 Å². The lowest BCUT2D eigenvalue weighted by Gasteiger charge is -2.66. The Kier molecular flexibility index (Phi) is 6.58. The number of aliphatic hydroxyl groups excluding tert-OH is 1. The first kappa shape index (κ1) is 24.5. The quantitative estimate of drug-likeness (QED) is 0.633. The predicted octanol–water partition coefficient (Wildman–Crippen LogP) is 3.86. The van der Waals surface area contributed by atoms with Crippen molar-refractivity contribution in [2.45, 2.75) is 98.2 Å². The first-order valence-corrected chi connectivity index (χ1v) is 11.9. The monoisotopic (exact) mass is 438 g/mol. The summed E-state index contributed by atoms with van der Waals surface area (Å²) >= 11 is 0. The van der Waals surface area contributed by atoms with Crippen LogP contribution in [0.25, 0.3) is 0 Å². The van der Waals surface area contributed by atoms with Gasteiger partial charge in [-0.05, 0) is 73.5 Å². The molecular formula is C25H42O6. The SMILES string of the molecule is CC(=O)OC[C@H](O)COC(=O)[C@@H]1[C@]2(C)CC[C@@H]3C(C)(C)CCC[C@@]3(C)[C@H]2CC[C@]1(C)O. The maximum Gasteiger partial charge on any atom is 0.312 e. The van der Waals surface area contributed by atoms with Gasteiger partial charge < -0.3 is 19.7 Å². The number of hydrogen-bond donors (Lipinski definition) is 2. The van der Waals surface area contributed by atoms with Gasteiger partial charge in [0.15, 0.2) is 0 Å². The summed E-state index contributed by atoms with van der Waals surface area (Å²) in [7, 11) is 0. The van der Waals surface area contributed by atoms with E-state index in [9.17, 15) is 19.8 Å². The molecule has 31 heavy (non-hydrogen) atoms. The average Bonchev–Trinajstić information content (AvgIpc) is 2.62. The summed E-state index contributed by atoms with van der Waals surface area (Å²) in [6.45, 7) is 12.0. The summed E-state index contributed by atoms with van der Waals surface area (Å²) in [6, 6.07) is 0. The van der Waals surface area contributed by atoms with Crippen LogP contribution in [0.15, 0.2) is 0 Å². The van der Waals surface area contributed by atoms with E-state index < -0.39 is 29.6 Å². The molecule has 0 aromatic rings. The molecule has 0 amide bonds. The summed E-state index contributed by atoms with van der Waals surface area (Å²) < 4.78 is 10.3. The number of fused-ring (bicyclic) bond motifs is 3. The van der Waals surface area contributed by atoms with Gasteiger partial charge in [0.05, 0.1) is 11.5 Å². The molecule has 0 unspecified atom stereocenters. The minimum atomic E-state index is -1.14. The maximum atomic E-state index is 13.3. The van der Waals surface area contributed by atoms with Gasteiger partial charge in [0.1, 0.15) is 19.3 Å². The topological polar surface area (TPSA) is 93.1 Å². The Hall–Kier alpha value is -1.14. The van der Waals surface area contributed by atoms with Crippen LogP contribution in [-0.4, -0.2) is 47.1 Å². The van der Waals surface area contributed by atoms with E-state index in [0.29, 0.717) is 23.7 Å². The highest BCUT2D eigenvalue weighted by Crippen LogP contribution is 2.69. The van der Waals surface area contributed by atoms with Gasteiger partial charge >= 0.3 is 11.9 Å². The number of ether oxygens (including phenoxy) is 2. The van der Waals surface area contributed by atoms with Crippen LogP contribution in [0.3, 0.4) is 0 Å². The van der Waals surface area contributed by atoms with Gasteiger partial charge in [-0.15, -0.1) is 0 Å². The van der Waals surface area contributed by atoms with E-state index in [2.05, 4.69) is 27.7 Å². The average molecular weight is 439 g/mol. The number of rotatable bonds is 5. The molecule has 6 heteroatoms. The second kappa shape index (κ2) is 8.33. The molecule has 0 heterocycles. The molecule has 178 valence electrons. The van der Waals surface area contributed by atoms with Crippen molar-refractivity contribution in [2.24, 2.45) is 34.0 Å². The minimum Gasteiger partial charge on any atom is -0.463 e. The van der Waals surface area contributed by atoms with Gasteiger partial charge in [0.2, 0.25) is 0 Å². The first-order valence-electron chi connectivity index (χ1n) is 11.9. The van der Waals surface area contributed by atoms with Gasteiger partial charge in [-0.25, -0.2) is 0 Å². The van der Waals surface area contributed by atoms with Crippen LogP contribution in [0.2, 0.25) is 0 Å². The molecule has 7 atom stereocenters. The summed E-state index contributed by atoms with van der Waals surface area (Å²) in [5, 5.41) is 21.3. The number of carbonyl (C=O) groups excluding carboxylic acids is 2. The Labute approximate surface area is 187 Å². The van der Waals surface area contributed by atoms with Gasteiger partial charge in [-0.2, -0.15) is 0 Å². The van der Waals surface area contributed by atoms with Crippen LogP contribution in [-0.2, 0) is 19.1 Å². The number of esters is 2. The molecule has 3 aliphatic carbocycles. The third kappa shape index (κ3) is 4.39. The zero-order chi connectivity index (χ0) is 23.2. The fourth-order valence-electron chi connectivity index (χ4n) is 8.03. The van der Waals surface area contributed by atoms with Crippen molar-refractivity contribution >= 4 is 11.9 Å². The van der Waals surface area contributed by atoms with Crippen LogP contribution in [0, 0.1) is 34.0 Å². The van der Waals surface area contributed by atoms with Crippen molar-refractivity contribution in [2.75, 3.05) is 13.2 Å². The molecule has 0 spiro atoms. The Balaban J connectivity index is 1.82. The third-order valence-electron chi connectivity index (χ3n) is 9.19. The zero-order valence-corrected chi connectivity index (χ0v) is 20.2. The molecule has 0 aromatic heterocycles. The highest BCUT2D eigenvalue weighted by molar-refractivity contribution is 5.75. The lowest BCUT2D eigenvalue weighted by Crippen LogP contribution is -2.64. The van der Waals surface area contributed by atoms with E-state index in [1.165, 1.54) is 26.2 Å². The summed E-state index contributed by atoms with van der Waals surface area (Å²) in [5.74, 6) is -0.603. The van der Waals surface area contributed by atoms with Gasteiger partial charge in [0.25, 0.3) is 0 Å². The van der Waals surface area contributed by atoms with E-state index in [0.717, 1.165) is 19.3 Å². The second-order valence-electron chi connectivity index (χ2n) is 11.9. The third-order valence-corrected chi connectivity index (χ3v) is 9.19. The highest BCUT2D eigenvalue weighted by atomic mass is 16.6. The Morgan fingerprint density at radius 1 is 0.903 bits per heavy atom. The first-order chi connectivity index (χ1) is 14.2. The van der Waals surface area contributed by atoms with E-state index in [4.69, 9.17) is 9.47 Å². The van der Waals surface area contributed by atoms with Crippen molar-refractivity contribution in [3.63, 3.8) is 0 Å². The molecule has 0 bridgehead atoms. The molecule has 2 N–H and O–H groups in total. The second-order valence-corrected chi connectivity index (χ2v) is 11.9.